The Morgan fingerprint density at radius 3 is 2.34 bits per heavy atom. The Hall–Kier alpha value is -4.52. The van der Waals surface area contributed by atoms with Crippen LogP contribution in [0.2, 0.25) is 0 Å². The van der Waals surface area contributed by atoms with Crippen LogP contribution in [0.5, 0.6) is 5.75 Å². The summed E-state index contributed by atoms with van der Waals surface area (Å²) in [6.07, 6.45) is 12.4. The van der Waals surface area contributed by atoms with E-state index in [4.69, 9.17) is 4.74 Å². The number of nitro benzene ring substituents is 1. The van der Waals surface area contributed by atoms with Crippen molar-refractivity contribution in [3.63, 3.8) is 0 Å². The first-order valence-corrected chi connectivity index (χ1v) is 12.8. The van der Waals surface area contributed by atoms with Crippen molar-refractivity contribution in [2.45, 2.75) is 31.5 Å². The summed E-state index contributed by atoms with van der Waals surface area (Å²) in [7, 11) is 2.01. The van der Waals surface area contributed by atoms with Gasteiger partial charge in [-0.15, -0.1) is 0 Å². The summed E-state index contributed by atoms with van der Waals surface area (Å²) in [4.78, 5) is 13.3. The maximum absolute atomic E-state index is 11.3. The highest BCUT2D eigenvalue weighted by atomic mass is 16.6. The second kappa shape index (κ2) is 8.80. The quantitative estimate of drug-likeness (QED) is 0.218. The van der Waals surface area contributed by atoms with Crippen LogP contribution in [0.25, 0.3) is 17.2 Å². The van der Waals surface area contributed by atoms with Crippen LogP contribution < -0.4 is 18.8 Å². The lowest BCUT2D eigenvalue weighted by Gasteiger charge is -2.46. The Morgan fingerprint density at radius 2 is 1.63 bits per heavy atom. The van der Waals surface area contributed by atoms with E-state index in [-0.39, 0.29) is 16.0 Å². The number of benzene rings is 2. The van der Waals surface area contributed by atoms with Gasteiger partial charge >= 0.3 is 0 Å². The third-order valence-electron chi connectivity index (χ3n) is 7.91. The molecule has 190 valence electrons. The molecule has 4 heterocycles. The molecule has 6 rings (SSSR count). The fourth-order valence-corrected chi connectivity index (χ4v) is 5.70. The van der Waals surface area contributed by atoms with Gasteiger partial charge in [-0.2, -0.15) is 0 Å². The van der Waals surface area contributed by atoms with E-state index in [2.05, 4.69) is 103 Å². The normalized spacial score (nSPS) is 18.7. The van der Waals surface area contributed by atoms with Gasteiger partial charge in [-0.1, -0.05) is 18.2 Å². The van der Waals surface area contributed by atoms with Crippen LogP contribution in [-0.2, 0) is 19.0 Å². The molecule has 0 radical (unpaired) electrons. The van der Waals surface area contributed by atoms with E-state index >= 15 is 0 Å². The van der Waals surface area contributed by atoms with E-state index in [1.165, 1.54) is 22.8 Å². The zero-order valence-electron chi connectivity index (χ0n) is 21.7. The van der Waals surface area contributed by atoms with Crippen molar-refractivity contribution in [2.24, 2.45) is 7.05 Å². The summed E-state index contributed by atoms with van der Waals surface area (Å²) >= 11 is 0. The number of para-hydroxylation sites is 1. The van der Waals surface area contributed by atoms with Crippen molar-refractivity contribution in [2.75, 3.05) is 11.4 Å². The number of ether oxygens (including phenoxy) is 1. The van der Waals surface area contributed by atoms with Gasteiger partial charge in [0.1, 0.15) is 12.8 Å². The molecule has 0 bridgehead atoms. The maximum atomic E-state index is 11.3. The SMILES string of the molecule is C[n+]1ccc(-c2cc[n+](CCN3c4ccccc4C(C)(C)[C@@]34C=Cc3cc([N+](=O)[O-])ccc3O4)cc2)cc1. The molecule has 1 spiro atoms. The lowest BCUT2D eigenvalue weighted by molar-refractivity contribution is -0.694. The van der Waals surface area contributed by atoms with Gasteiger partial charge in [0.05, 0.1) is 16.9 Å². The first kappa shape index (κ1) is 23.9. The fraction of sp³-hybridized carbons (Fsp3) is 0.226. The molecule has 0 fully saturated rings. The molecule has 38 heavy (non-hydrogen) atoms. The number of rotatable bonds is 5. The standard InChI is InChI=1S/C31H30N4O3/c1-30(2)27-6-4-5-7-28(27)34(31(30)15-10-25-22-26(35(36)37)8-9-29(25)38-31)21-20-33-18-13-24(14-19-33)23-11-16-32(3)17-12-23/h4-19,22H,20-21H2,1-3H3/q+2/t31-/m0/s1. The predicted octanol–water partition coefficient (Wildman–Crippen LogP) is 4.97. The van der Waals surface area contributed by atoms with E-state index in [1.54, 1.807) is 12.1 Å². The summed E-state index contributed by atoms with van der Waals surface area (Å²) in [5.74, 6) is 0.650. The molecule has 0 N–H and O–H groups in total. The van der Waals surface area contributed by atoms with Crippen LogP contribution in [0.1, 0.15) is 25.0 Å². The third kappa shape index (κ3) is 3.74. The molecule has 0 saturated heterocycles. The molecule has 2 aliphatic heterocycles. The molecule has 2 aliphatic rings. The molecule has 2 aromatic carbocycles. The highest BCUT2D eigenvalue weighted by molar-refractivity contribution is 5.73. The van der Waals surface area contributed by atoms with E-state index in [1.807, 2.05) is 17.7 Å². The van der Waals surface area contributed by atoms with E-state index < -0.39 is 5.72 Å². The van der Waals surface area contributed by atoms with Crippen molar-refractivity contribution in [3.8, 4) is 16.9 Å². The predicted molar refractivity (Wildman–Crippen MR) is 146 cm³/mol. The van der Waals surface area contributed by atoms with Crippen molar-refractivity contribution in [1.29, 1.82) is 0 Å². The second-order valence-electron chi connectivity index (χ2n) is 10.5. The van der Waals surface area contributed by atoms with Crippen LogP contribution in [0, 0.1) is 10.1 Å². The molecule has 7 nitrogen and oxygen atoms in total. The zero-order valence-corrected chi connectivity index (χ0v) is 21.7. The highest BCUT2D eigenvalue weighted by Gasteiger charge is 2.58. The largest absolute Gasteiger partial charge is 0.463 e. The molecule has 1 atom stereocenters. The number of fused-ring (bicyclic) bond motifs is 2. The summed E-state index contributed by atoms with van der Waals surface area (Å²) in [6.45, 7) is 5.89. The highest BCUT2D eigenvalue weighted by Crippen LogP contribution is 2.54. The van der Waals surface area contributed by atoms with Crippen LogP contribution in [-0.4, -0.2) is 17.2 Å². The number of nitro groups is 1. The molecule has 0 aliphatic carbocycles. The Kier molecular flexibility index (Phi) is 5.52. The molecule has 7 heteroatoms. The fourth-order valence-electron chi connectivity index (χ4n) is 5.70. The summed E-state index contributed by atoms with van der Waals surface area (Å²) in [6, 6.07) is 21.8. The Labute approximate surface area is 222 Å². The van der Waals surface area contributed by atoms with E-state index in [9.17, 15) is 10.1 Å². The lowest BCUT2D eigenvalue weighted by atomic mass is 9.76. The monoisotopic (exact) mass is 506 g/mol. The Balaban J connectivity index is 1.32. The summed E-state index contributed by atoms with van der Waals surface area (Å²) in [5.41, 5.74) is 4.37. The molecule has 2 aromatic heterocycles. The maximum Gasteiger partial charge on any atom is 0.270 e. The molecular formula is C31H30N4O3+2. The van der Waals surface area contributed by atoms with Gasteiger partial charge in [-0.05, 0) is 54.8 Å². The Bertz CT molecular complexity index is 1560. The first-order chi connectivity index (χ1) is 18.3. The van der Waals surface area contributed by atoms with Crippen molar-refractivity contribution in [3.05, 3.63) is 119 Å². The zero-order chi connectivity index (χ0) is 26.5. The summed E-state index contributed by atoms with van der Waals surface area (Å²) < 4.78 is 11.0. The minimum Gasteiger partial charge on any atom is -0.463 e. The number of aryl methyl sites for hydroxylation is 1. The van der Waals surface area contributed by atoms with Crippen molar-refractivity contribution in [1.82, 2.24) is 0 Å². The van der Waals surface area contributed by atoms with Gasteiger partial charge in [0.2, 0.25) is 5.72 Å². The minimum absolute atomic E-state index is 0.0583. The second-order valence-corrected chi connectivity index (χ2v) is 10.5. The average molecular weight is 507 g/mol. The number of non-ortho nitro benzene ring substituents is 1. The number of nitrogens with zero attached hydrogens (tertiary/aromatic N) is 4. The minimum atomic E-state index is -0.764. The van der Waals surface area contributed by atoms with Gasteiger partial charge in [-0.3, -0.25) is 10.1 Å². The number of hydrogen-bond donors (Lipinski definition) is 0. The van der Waals surface area contributed by atoms with Gasteiger partial charge in [0, 0.05) is 47.6 Å². The van der Waals surface area contributed by atoms with Crippen LogP contribution in [0.4, 0.5) is 11.4 Å². The third-order valence-corrected chi connectivity index (χ3v) is 7.91. The van der Waals surface area contributed by atoms with Gasteiger partial charge in [-0.25, -0.2) is 9.13 Å². The number of pyridine rings is 2. The first-order valence-electron chi connectivity index (χ1n) is 12.8. The van der Waals surface area contributed by atoms with Crippen LogP contribution >= 0.6 is 0 Å². The van der Waals surface area contributed by atoms with Gasteiger partial charge < -0.3 is 9.64 Å². The van der Waals surface area contributed by atoms with E-state index in [0.29, 0.717) is 5.75 Å². The summed E-state index contributed by atoms with van der Waals surface area (Å²) in [5, 5.41) is 11.3. The van der Waals surface area contributed by atoms with E-state index in [0.717, 1.165) is 24.3 Å². The lowest BCUT2D eigenvalue weighted by Crippen LogP contribution is -2.61. The number of anilines is 1. The molecular weight excluding hydrogens is 476 g/mol. The average Bonchev–Trinajstić information content (AvgIpc) is 3.10. The van der Waals surface area contributed by atoms with Crippen molar-refractivity contribution < 1.29 is 18.8 Å². The molecule has 0 saturated carbocycles. The smallest absolute Gasteiger partial charge is 0.270 e. The number of hydrogen-bond acceptors (Lipinski definition) is 4. The van der Waals surface area contributed by atoms with Gasteiger partial charge in [0.25, 0.3) is 5.69 Å². The topological polar surface area (TPSA) is 63.4 Å². The Morgan fingerprint density at radius 1 is 0.947 bits per heavy atom. The molecule has 4 aromatic rings. The molecule has 0 unspecified atom stereocenters. The molecule has 0 amide bonds. The van der Waals surface area contributed by atoms with Crippen molar-refractivity contribution >= 4 is 17.5 Å². The van der Waals surface area contributed by atoms with Crippen LogP contribution in [0.15, 0.2) is 97.6 Å². The van der Waals surface area contributed by atoms with Gasteiger partial charge in [0.15, 0.2) is 31.3 Å². The number of aromatic nitrogens is 2. The van der Waals surface area contributed by atoms with Crippen LogP contribution in [0.3, 0.4) is 0 Å².